The molecule has 20 heavy (non-hydrogen) atoms. The van der Waals surface area contributed by atoms with Gasteiger partial charge in [0.1, 0.15) is 0 Å². The molecule has 5 rings (SSSR count). The molecule has 0 radical (unpaired) electrons. The molecule has 1 N–H and O–H groups in total. The molecule has 0 aromatic heterocycles. The predicted octanol–water partition coefficient (Wildman–Crippen LogP) is 3.73. The number of carbonyl (C=O) groups is 1. The molecule has 0 aromatic rings. The van der Waals surface area contributed by atoms with E-state index in [4.69, 9.17) is 11.6 Å². The Morgan fingerprint density at radius 2 is 1.65 bits per heavy atom. The van der Waals surface area contributed by atoms with Crippen molar-refractivity contribution in [3.63, 3.8) is 0 Å². The van der Waals surface area contributed by atoms with Crippen LogP contribution in [0.3, 0.4) is 0 Å². The minimum absolute atomic E-state index is 0.00814. The Bertz CT molecular complexity index is 373. The molecule has 3 heteroatoms. The van der Waals surface area contributed by atoms with Gasteiger partial charge in [-0.15, -0.1) is 11.6 Å². The van der Waals surface area contributed by atoms with Crippen LogP contribution in [0.4, 0.5) is 0 Å². The first-order valence-corrected chi connectivity index (χ1v) is 9.09. The van der Waals surface area contributed by atoms with Crippen LogP contribution in [0, 0.1) is 29.1 Å². The van der Waals surface area contributed by atoms with Crippen molar-refractivity contribution in [2.24, 2.45) is 29.1 Å². The molecular weight excluding hydrogens is 270 g/mol. The van der Waals surface area contributed by atoms with Crippen molar-refractivity contribution >= 4 is 17.5 Å². The van der Waals surface area contributed by atoms with Gasteiger partial charge in [0.15, 0.2) is 0 Å². The van der Waals surface area contributed by atoms with E-state index >= 15 is 0 Å². The van der Waals surface area contributed by atoms with Gasteiger partial charge in [-0.05, 0) is 75.0 Å². The highest BCUT2D eigenvalue weighted by Crippen LogP contribution is 2.60. The van der Waals surface area contributed by atoms with Crippen LogP contribution in [0.15, 0.2) is 0 Å². The largest absolute Gasteiger partial charge is 0.353 e. The zero-order valence-corrected chi connectivity index (χ0v) is 13.0. The Hall–Kier alpha value is -0.240. The second kappa shape index (κ2) is 4.90. The molecule has 0 saturated heterocycles. The SMILES string of the molecule is O=C(NC1CCCC1CCl)C12CC3CC(CC(C3)C1)C2. The summed E-state index contributed by atoms with van der Waals surface area (Å²) in [6.07, 6.45) is 11.3. The molecule has 4 bridgehead atoms. The van der Waals surface area contributed by atoms with Gasteiger partial charge in [-0.25, -0.2) is 0 Å². The monoisotopic (exact) mass is 295 g/mol. The van der Waals surface area contributed by atoms with Crippen LogP contribution in [0.25, 0.3) is 0 Å². The normalized spacial score (nSPS) is 49.5. The molecule has 5 saturated carbocycles. The first-order chi connectivity index (χ1) is 9.68. The van der Waals surface area contributed by atoms with Crippen molar-refractivity contribution in [1.29, 1.82) is 0 Å². The molecular formula is C17H26ClNO. The fraction of sp³-hybridized carbons (Fsp3) is 0.941. The number of halogens is 1. The first kappa shape index (κ1) is 13.4. The van der Waals surface area contributed by atoms with E-state index in [9.17, 15) is 4.79 Å². The number of rotatable bonds is 3. The van der Waals surface area contributed by atoms with Gasteiger partial charge in [0.25, 0.3) is 0 Å². The molecule has 5 aliphatic carbocycles. The average molecular weight is 296 g/mol. The topological polar surface area (TPSA) is 29.1 Å². The van der Waals surface area contributed by atoms with E-state index in [-0.39, 0.29) is 5.41 Å². The number of hydrogen-bond donors (Lipinski definition) is 1. The highest BCUT2D eigenvalue weighted by molar-refractivity contribution is 6.18. The van der Waals surface area contributed by atoms with Gasteiger partial charge >= 0.3 is 0 Å². The summed E-state index contributed by atoms with van der Waals surface area (Å²) >= 11 is 6.05. The molecule has 2 unspecified atom stereocenters. The summed E-state index contributed by atoms with van der Waals surface area (Å²) in [4.78, 5) is 13.0. The van der Waals surface area contributed by atoms with Crippen LogP contribution < -0.4 is 5.32 Å². The molecule has 2 atom stereocenters. The quantitative estimate of drug-likeness (QED) is 0.790. The molecule has 5 aliphatic rings. The number of hydrogen-bond acceptors (Lipinski definition) is 1. The summed E-state index contributed by atoms with van der Waals surface area (Å²) in [6.45, 7) is 0. The van der Waals surface area contributed by atoms with Crippen molar-refractivity contribution in [2.75, 3.05) is 5.88 Å². The number of nitrogens with one attached hydrogen (secondary N) is 1. The van der Waals surface area contributed by atoms with Crippen LogP contribution >= 0.6 is 11.6 Å². The maximum absolute atomic E-state index is 13.0. The molecule has 0 aliphatic heterocycles. The maximum Gasteiger partial charge on any atom is 0.226 e. The maximum atomic E-state index is 13.0. The van der Waals surface area contributed by atoms with Gasteiger partial charge in [0, 0.05) is 17.3 Å². The third-order valence-corrected chi connectivity index (χ3v) is 7.09. The van der Waals surface area contributed by atoms with Gasteiger partial charge in [-0.3, -0.25) is 4.79 Å². The van der Waals surface area contributed by atoms with E-state index in [0.29, 0.717) is 23.7 Å². The highest BCUT2D eigenvalue weighted by atomic mass is 35.5. The lowest BCUT2D eigenvalue weighted by Gasteiger charge is -2.55. The summed E-state index contributed by atoms with van der Waals surface area (Å²) in [7, 11) is 0. The lowest BCUT2D eigenvalue weighted by Crippen LogP contribution is -2.55. The standard InChI is InChI=1S/C17H26ClNO/c18-10-14-2-1-3-15(14)19-16(20)17-7-11-4-12(8-17)6-13(5-11)9-17/h11-15H,1-10H2,(H,19,20). The van der Waals surface area contributed by atoms with Gasteiger partial charge in [0.05, 0.1) is 0 Å². The van der Waals surface area contributed by atoms with Crippen molar-refractivity contribution in [1.82, 2.24) is 5.32 Å². The highest BCUT2D eigenvalue weighted by Gasteiger charge is 2.54. The summed E-state index contributed by atoms with van der Waals surface area (Å²) in [5.41, 5.74) is 0.00814. The van der Waals surface area contributed by atoms with E-state index in [1.165, 1.54) is 51.4 Å². The second-order valence-electron chi connectivity index (χ2n) is 8.12. The van der Waals surface area contributed by atoms with Crippen LogP contribution in [-0.2, 0) is 4.79 Å². The fourth-order valence-corrected chi connectivity index (χ4v) is 6.49. The Morgan fingerprint density at radius 3 is 2.20 bits per heavy atom. The third-order valence-electron chi connectivity index (χ3n) is 6.69. The molecule has 2 nitrogen and oxygen atoms in total. The van der Waals surface area contributed by atoms with E-state index in [1.807, 2.05) is 0 Å². The Morgan fingerprint density at radius 1 is 1.05 bits per heavy atom. The smallest absolute Gasteiger partial charge is 0.226 e. The molecule has 0 aromatic carbocycles. The summed E-state index contributed by atoms with van der Waals surface area (Å²) in [5.74, 6) is 4.14. The van der Waals surface area contributed by atoms with Crippen molar-refractivity contribution in [2.45, 2.75) is 63.8 Å². The Kier molecular flexibility index (Phi) is 3.29. The molecule has 5 fully saturated rings. The fourth-order valence-electron chi connectivity index (χ4n) is 6.12. The minimum atomic E-state index is 0.00814. The number of carbonyl (C=O) groups excluding carboxylic acids is 1. The van der Waals surface area contributed by atoms with E-state index in [2.05, 4.69) is 5.32 Å². The van der Waals surface area contributed by atoms with E-state index in [0.717, 1.165) is 24.2 Å². The van der Waals surface area contributed by atoms with Gasteiger partial charge in [-0.1, -0.05) is 6.42 Å². The Balaban J connectivity index is 1.48. The van der Waals surface area contributed by atoms with Crippen LogP contribution in [0.1, 0.15) is 57.8 Å². The molecule has 1 amide bonds. The predicted molar refractivity (Wildman–Crippen MR) is 80.6 cm³/mol. The molecule has 112 valence electrons. The molecule has 0 heterocycles. The van der Waals surface area contributed by atoms with Crippen molar-refractivity contribution in [3.05, 3.63) is 0 Å². The third kappa shape index (κ3) is 2.10. The number of amides is 1. The van der Waals surface area contributed by atoms with Crippen LogP contribution in [0.2, 0.25) is 0 Å². The first-order valence-electron chi connectivity index (χ1n) is 8.55. The molecule has 0 spiro atoms. The van der Waals surface area contributed by atoms with Gasteiger partial charge in [0.2, 0.25) is 5.91 Å². The lowest BCUT2D eigenvalue weighted by molar-refractivity contribution is -0.147. The van der Waals surface area contributed by atoms with E-state index in [1.54, 1.807) is 0 Å². The zero-order valence-electron chi connectivity index (χ0n) is 12.2. The second-order valence-corrected chi connectivity index (χ2v) is 8.43. The summed E-state index contributed by atoms with van der Waals surface area (Å²) in [6, 6.07) is 0.355. The summed E-state index contributed by atoms with van der Waals surface area (Å²) < 4.78 is 0. The van der Waals surface area contributed by atoms with Gasteiger partial charge < -0.3 is 5.32 Å². The minimum Gasteiger partial charge on any atom is -0.353 e. The van der Waals surface area contributed by atoms with Crippen molar-refractivity contribution in [3.8, 4) is 0 Å². The summed E-state index contributed by atoms with van der Waals surface area (Å²) in [5, 5.41) is 3.41. The van der Waals surface area contributed by atoms with E-state index < -0.39 is 0 Å². The lowest BCUT2D eigenvalue weighted by atomic mass is 9.49. The van der Waals surface area contributed by atoms with Crippen molar-refractivity contribution < 1.29 is 4.79 Å². The zero-order chi connectivity index (χ0) is 13.7. The van der Waals surface area contributed by atoms with Gasteiger partial charge in [-0.2, -0.15) is 0 Å². The number of alkyl halides is 1. The van der Waals surface area contributed by atoms with Crippen LogP contribution in [-0.4, -0.2) is 17.8 Å². The van der Waals surface area contributed by atoms with Crippen LogP contribution in [0.5, 0.6) is 0 Å². The Labute approximate surface area is 127 Å². The average Bonchev–Trinajstić information content (AvgIpc) is 2.84.